The summed E-state index contributed by atoms with van der Waals surface area (Å²) < 4.78 is 27.8. The summed E-state index contributed by atoms with van der Waals surface area (Å²) in [7, 11) is -3.01. The molecule has 1 aliphatic carbocycles. The topological polar surface area (TPSA) is 105 Å². The number of carbonyl (C=O) groups excluding carboxylic acids is 2. The molecular weight excluding hydrogens is 308 g/mol. The van der Waals surface area contributed by atoms with E-state index in [1.54, 1.807) is 12.1 Å². The van der Waals surface area contributed by atoms with Crippen molar-refractivity contribution in [2.45, 2.75) is 25.4 Å². The van der Waals surface area contributed by atoms with Crippen LogP contribution in [0.15, 0.2) is 22.8 Å². The zero-order valence-electron chi connectivity index (χ0n) is 11.9. The third kappa shape index (κ3) is 3.49. The third-order valence-electron chi connectivity index (χ3n) is 4.06. The Hall–Kier alpha value is -1.83. The van der Waals surface area contributed by atoms with Crippen LogP contribution in [-0.4, -0.2) is 37.8 Å². The summed E-state index contributed by atoms with van der Waals surface area (Å²) in [4.78, 5) is 23.9. The Kier molecular flexibility index (Phi) is 3.94. The number of rotatable bonds is 5. The quantitative estimate of drug-likeness (QED) is 0.782. The molecule has 22 heavy (non-hydrogen) atoms. The first kappa shape index (κ1) is 15.1. The highest BCUT2D eigenvalue weighted by Gasteiger charge is 2.48. The summed E-state index contributed by atoms with van der Waals surface area (Å²) in [5.41, 5.74) is 0. The standard InChI is InChI=1S/C14H18N2O5S/c17-13(15-7-10-2-1-4-21-10)11-6-12(11)14(18)16-9-3-5-22(19,20)8-9/h1-2,4,9,11-12H,3,5-8H2,(H,15,17)(H,16,18). The van der Waals surface area contributed by atoms with Crippen LogP contribution >= 0.6 is 0 Å². The van der Waals surface area contributed by atoms with Crippen molar-refractivity contribution in [1.82, 2.24) is 10.6 Å². The van der Waals surface area contributed by atoms with Gasteiger partial charge in [0.25, 0.3) is 0 Å². The van der Waals surface area contributed by atoms with Gasteiger partial charge < -0.3 is 15.1 Å². The molecule has 2 aliphatic rings. The largest absolute Gasteiger partial charge is 0.467 e. The number of hydrogen-bond acceptors (Lipinski definition) is 5. The van der Waals surface area contributed by atoms with E-state index in [0.29, 0.717) is 25.1 Å². The minimum atomic E-state index is -3.01. The van der Waals surface area contributed by atoms with Gasteiger partial charge in [0.15, 0.2) is 9.84 Å². The molecule has 1 saturated heterocycles. The van der Waals surface area contributed by atoms with Gasteiger partial charge in [-0.2, -0.15) is 0 Å². The van der Waals surface area contributed by atoms with E-state index in [-0.39, 0.29) is 41.2 Å². The smallest absolute Gasteiger partial charge is 0.224 e. The molecule has 3 unspecified atom stereocenters. The summed E-state index contributed by atoms with van der Waals surface area (Å²) in [6, 6.07) is 3.19. The average molecular weight is 326 g/mol. The van der Waals surface area contributed by atoms with Crippen LogP contribution in [0.25, 0.3) is 0 Å². The average Bonchev–Trinajstić information content (AvgIpc) is 2.96. The molecular formula is C14H18N2O5S. The van der Waals surface area contributed by atoms with Crippen LogP contribution in [0.4, 0.5) is 0 Å². The summed E-state index contributed by atoms with van der Waals surface area (Å²) in [6.45, 7) is 0.303. The number of carbonyl (C=O) groups is 2. The highest BCUT2D eigenvalue weighted by Crippen LogP contribution is 2.39. The van der Waals surface area contributed by atoms with Crippen LogP contribution in [-0.2, 0) is 26.0 Å². The predicted molar refractivity (Wildman–Crippen MR) is 77.4 cm³/mol. The summed E-state index contributed by atoms with van der Waals surface area (Å²) >= 11 is 0. The molecule has 1 saturated carbocycles. The summed E-state index contributed by atoms with van der Waals surface area (Å²) in [6.07, 6.45) is 2.50. The molecule has 0 spiro atoms. The number of hydrogen-bond donors (Lipinski definition) is 2. The highest BCUT2D eigenvalue weighted by molar-refractivity contribution is 7.91. The van der Waals surface area contributed by atoms with Crippen LogP contribution < -0.4 is 10.6 Å². The van der Waals surface area contributed by atoms with Gasteiger partial charge in [-0.1, -0.05) is 0 Å². The Bertz CT molecular complexity index is 667. The fourth-order valence-electron chi connectivity index (χ4n) is 2.71. The van der Waals surface area contributed by atoms with E-state index >= 15 is 0 Å². The Morgan fingerprint density at radius 2 is 2.05 bits per heavy atom. The first-order chi connectivity index (χ1) is 10.4. The maximum absolute atomic E-state index is 12.0. The second-order valence-corrected chi connectivity index (χ2v) is 8.08. The lowest BCUT2D eigenvalue weighted by atomic mass is 10.2. The molecule has 2 amide bonds. The van der Waals surface area contributed by atoms with Crippen LogP contribution in [0, 0.1) is 11.8 Å². The number of furan rings is 1. The lowest BCUT2D eigenvalue weighted by Gasteiger charge is -2.10. The molecule has 1 aromatic heterocycles. The van der Waals surface area contributed by atoms with E-state index in [4.69, 9.17) is 4.42 Å². The summed E-state index contributed by atoms with van der Waals surface area (Å²) in [5, 5.41) is 5.46. The molecule has 2 heterocycles. The highest BCUT2D eigenvalue weighted by atomic mass is 32.2. The van der Waals surface area contributed by atoms with Gasteiger partial charge in [-0.25, -0.2) is 8.42 Å². The minimum absolute atomic E-state index is 0.000810. The molecule has 1 aromatic rings. The van der Waals surface area contributed by atoms with E-state index in [2.05, 4.69) is 10.6 Å². The Morgan fingerprint density at radius 3 is 2.68 bits per heavy atom. The molecule has 0 bridgehead atoms. The van der Waals surface area contributed by atoms with E-state index < -0.39 is 9.84 Å². The number of nitrogens with one attached hydrogen (secondary N) is 2. The fraction of sp³-hybridized carbons (Fsp3) is 0.571. The molecule has 1 aliphatic heterocycles. The third-order valence-corrected chi connectivity index (χ3v) is 5.83. The normalized spacial score (nSPS) is 29.0. The molecule has 0 aromatic carbocycles. The van der Waals surface area contributed by atoms with Crippen molar-refractivity contribution in [1.29, 1.82) is 0 Å². The molecule has 8 heteroatoms. The second-order valence-electron chi connectivity index (χ2n) is 5.85. The van der Waals surface area contributed by atoms with Crippen molar-refractivity contribution in [3.05, 3.63) is 24.2 Å². The van der Waals surface area contributed by atoms with Crippen molar-refractivity contribution in [3.8, 4) is 0 Å². The van der Waals surface area contributed by atoms with Crippen LogP contribution in [0.3, 0.4) is 0 Å². The Balaban J connectivity index is 1.43. The Labute approximate surface area is 128 Å². The molecule has 2 N–H and O–H groups in total. The van der Waals surface area contributed by atoms with Crippen LogP contribution in [0.2, 0.25) is 0 Å². The molecule has 3 atom stereocenters. The van der Waals surface area contributed by atoms with Gasteiger partial charge in [-0.3, -0.25) is 9.59 Å². The SMILES string of the molecule is O=C(NCc1ccco1)C1CC1C(=O)NC1CCS(=O)(=O)C1. The van der Waals surface area contributed by atoms with Gasteiger partial charge >= 0.3 is 0 Å². The molecule has 3 rings (SSSR count). The van der Waals surface area contributed by atoms with E-state index in [9.17, 15) is 18.0 Å². The summed E-state index contributed by atoms with van der Waals surface area (Å²) in [5.74, 6) is -0.286. The van der Waals surface area contributed by atoms with Crippen molar-refractivity contribution in [2.75, 3.05) is 11.5 Å². The van der Waals surface area contributed by atoms with E-state index in [1.165, 1.54) is 6.26 Å². The van der Waals surface area contributed by atoms with Crippen molar-refractivity contribution in [3.63, 3.8) is 0 Å². The predicted octanol–water partition coefficient (Wildman–Crippen LogP) is -0.165. The van der Waals surface area contributed by atoms with Crippen molar-refractivity contribution in [2.24, 2.45) is 11.8 Å². The molecule has 0 radical (unpaired) electrons. The molecule has 7 nitrogen and oxygen atoms in total. The zero-order valence-corrected chi connectivity index (χ0v) is 12.8. The van der Waals surface area contributed by atoms with Crippen molar-refractivity contribution < 1.29 is 22.4 Å². The van der Waals surface area contributed by atoms with Crippen LogP contribution in [0.1, 0.15) is 18.6 Å². The van der Waals surface area contributed by atoms with Gasteiger partial charge in [0.2, 0.25) is 11.8 Å². The minimum Gasteiger partial charge on any atom is -0.467 e. The van der Waals surface area contributed by atoms with Crippen molar-refractivity contribution >= 4 is 21.7 Å². The van der Waals surface area contributed by atoms with Gasteiger partial charge in [0.1, 0.15) is 5.76 Å². The first-order valence-corrected chi connectivity index (χ1v) is 9.07. The zero-order chi connectivity index (χ0) is 15.7. The second kappa shape index (κ2) is 5.75. The monoisotopic (exact) mass is 326 g/mol. The Morgan fingerprint density at radius 1 is 1.27 bits per heavy atom. The number of amides is 2. The molecule has 120 valence electrons. The maximum atomic E-state index is 12.0. The fourth-order valence-corrected chi connectivity index (χ4v) is 4.38. The lowest BCUT2D eigenvalue weighted by molar-refractivity contribution is -0.127. The number of sulfone groups is 1. The van der Waals surface area contributed by atoms with Gasteiger partial charge in [0.05, 0.1) is 36.1 Å². The maximum Gasteiger partial charge on any atom is 0.224 e. The molecule has 2 fully saturated rings. The van der Waals surface area contributed by atoms with Gasteiger partial charge in [0, 0.05) is 6.04 Å². The first-order valence-electron chi connectivity index (χ1n) is 7.25. The lowest BCUT2D eigenvalue weighted by Crippen LogP contribution is -2.37. The van der Waals surface area contributed by atoms with Gasteiger partial charge in [-0.15, -0.1) is 0 Å². The van der Waals surface area contributed by atoms with E-state index in [0.717, 1.165) is 0 Å². The van der Waals surface area contributed by atoms with Crippen LogP contribution in [0.5, 0.6) is 0 Å². The van der Waals surface area contributed by atoms with Gasteiger partial charge in [-0.05, 0) is 25.0 Å². The van der Waals surface area contributed by atoms with E-state index in [1.807, 2.05) is 0 Å².